The van der Waals surface area contributed by atoms with Crippen molar-refractivity contribution in [2.75, 3.05) is 4.72 Å². The number of primary amides is 1. The molecule has 2 rings (SSSR count). The topological polar surface area (TPSA) is 102 Å². The molecule has 2 heterocycles. The molecule has 0 spiro atoms. The van der Waals surface area contributed by atoms with Crippen LogP contribution >= 0.6 is 11.3 Å². The predicted octanol–water partition coefficient (Wildman–Crippen LogP) is 1.04. The highest BCUT2D eigenvalue weighted by Gasteiger charge is 2.17. The fourth-order valence-electron chi connectivity index (χ4n) is 1.23. The van der Waals surface area contributed by atoms with Crippen molar-refractivity contribution in [3.05, 3.63) is 40.8 Å². The second kappa shape index (κ2) is 4.75. The van der Waals surface area contributed by atoms with E-state index in [-0.39, 0.29) is 9.77 Å². The molecular weight excluding hydrogens is 274 g/mol. The lowest BCUT2D eigenvalue weighted by atomic mass is 10.4. The number of hydrogen-bond donors (Lipinski definition) is 2. The summed E-state index contributed by atoms with van der Waals surface area (Å²) in [5.41, 5.74) is 5.42. The summed E-state index contributed by atoms with van der Waals surface area (Å²) in [4.78, 5) is 14.9. The number of nitrogens with zero attached hydrogens (tertiary/aromatic N) is 1. The Morgan fingerprint density at radius 1 is 1.44 bits per heavy atom. The molecule has 0 unspecified atom stereocenters. The van der Waals surface area contributed by atoms with E-state index in [1.807, 2.05) is 0 Å². The third-order valence-corrected chi connectivity index (χ3v) is 4.50. The summed E-state index contributed by atoms with van der Waals surface area (Å²) in [5.74, 6) is -0.650. The third kappa shape index (κ3) is 2.66. The number of pyridine rings is 1. The van der Waals surface area contributed by atoms with Gasteiger partial charge in [-0.15, -0.1) is 11.3 Å². The standard InChI is InChI=1S/C10H9N3O3S2/c11-10(14)9-4-8(6-17-9)18(15,16)13-7-2-1-3-12-5-7/h1-6,13H,(H2,11,14). The Labute approximate surface area is 108 Å². The minimum Gasteiger partial charge on any atom is -0.365 e. The molecule has 3 N–H and O–H groups in total. The first-order valence-electron chi connectivity index (χ1n) is 4.80. The van der Waals surface area contributed by atoms with Gasteiger partial charge in [-0.3, -0.25) is 14.5 Å². The minimum atomic E-state index is -3.71. The highest BCUT2D eigenvalue weighted by molar-refractivity contribution is 7.92. The second-order valence-corrected chi connectivity index (χ2v) is 5.95. The molecule has 0 atom stereocenters. The maximum Gasteiger partial charge on any atom is 0.262 e. The van der Waals surface area contributed by atoms with Crippen LogP contribution in [0.4, 0.5) is 5.69 Å². The average Bonchev–Trinajstić information content (AvgIpc) is 2.79. The zero-order valence-electron chi connectivity index (χ0n) is 9.03. The first-order chi connectivity index (χ1) is 8.49. The van der Waals surface area contributed by atoms with Crippen molar-refractivity contribution in [3.63, 3.8) is 0 Å². The van der Waals surface area contributed by atoms with Gasteiger partial charge in [-0.1, -0.05) is 0 Å². The van der Waals surface area contributed by atoms with Crippen LogP contribution in [0.5, 0.6) is 0 Å². The Hall–Kier alpha value is -1.93. The average molecular weight is 283 g/mol. The predicted molar refractivity (Wildman–Crippen MR) is 67.9 cm³/mol. The summed E-state index contributed by atoms with van der Waals surface area (Å²) in [6, 6.07) is 4.43. The third-order valence-electron chi connectivity index (χ3n) is 2.04. The van der Waals surface area contributed by atoms with Crippen LogP contribution in [0.3, 0.4) is 0 Å². The number of amides is 1. The first-order valence-corrected chi connectivity index (χ1v) is 7.16. The summed E-state index contributed by atoms with van der Waals surface area (Å²) in [5, 5.41) is 1.36. The van der Waals surface area contributed by atoms with Crippen molar-refractivity contribution in [1.82, 2.24) is 4.98 Å². The van der Waals surface area contributed by atoms with Gasteiger partial charge in [0.1, 0.15) is 0 Å². The van der Waals surface area contributed by atoms with E-state index in [2.05, 4.69) is 9.71 Å². The molecule has 2 aromatic heterocycles. The molecule has 6 nitrogen and oxygen atoms in total. The Morgan fingerprint density at radius 2 is 2.22 bits per heavy atom. The monoisotopic (exact) mass is 283 g/mol. The zero-order valence-corrected chi connectivity index (χ0v) is 10.7. The van der Waals surface area contributed by atoms with Gasteiger partial charge in [-0.25, -0.2) is 8.42 Å². The molecule has 1 amide bonds. The molecule has 18 heavy (non-hydrogen) atoms. The largest absolute Gasteiger partial charge is 0.365 e. The summed E-state index contributed by atoms with van der Waals surface area (Å²) in [6.45, 7) is 0. The second-order valence-electron chi connectivity index (χ2n) is 3.36. The molecular formula is C10H9N3O3S2. The molecule has 0 saturated carbocycles. The van der Waals surface area contributed by atoms with E-state index in [0.717, 1.165) is 11.3 Å². The number of hydrogen-bond acceptors (Lipinski definition) is 5. The number of nitrogens with one attached hydrogen (secondary N) is 1. The van der Waals surface area contributed by atoms with Gasteiger partial charge in [-0.05, 0) is 18.2 Å². The van der Waals surface area contributed by atoms with Crippen LogP contribution in [-0.2, 0) is 10.0 Å². The van der Waals surface area contributed by atoms with E-state index in [1.54, 1.807) is 12.1 Å². The van der Waals surface area contributed by atoms with Gasteiger partial charge in [0.15, 0.2) is 0 Å². The Bertz CT molecular complexity index is 665. The zero-order chi connectivity index (χ0) is 13.2. The molecule has 0 fully saturated rings. The molecule has 2 aromatic rings. The molecule has 0 bridgehead atoms. The Morgan fingerprint density at radius 3 is 2.78 bits per heavy atom. The van der Waals surface area contributed by atoms with E-state index in [1.165, 1.54) is 23.8 Å². The first kappa shape index (κ1) is 12.5. The van der Waals surface area contributed by atoms with E-state index >= 15 is 0 Å². The van der Waals surface area contributed by atoms with E-state index in [4.69, 9.17) is 5.73 Å². The molecule has 0 saturated heterocycles. The quantitative estimate of drug-likeness (QED) is 0.875. The normalized spacial score (nSPS) is 11.1. The lowest BCUT2D eigenvalue weighted by molar-refractivity contribution is 0.100. The SMILES string of the molecule is NC(=O)c1cc(S(=O)(=O)Nc2cccnc2)cs1. The number of carbonyl (C=O) groups is 1. The highest BCUT2D eigenvalue weighted by Crippen LogP contribution is 2.21. The van der Waals surface area contributed by atoms with Gasteiger partial charge in [0.05, 0.1) is 21.7 Å². The van der Waals surface area contributed by atoms with Crippen LogP contribution in [0.2, 0.25) is 0 Å². The molecule has 0 radical (unpaired) electrons. The van der Waals surface area contributed by atoms with Gasteiger partial charge in [0.2, 0.25) is 0 Å². The van der Waals surface area contributed by atoms with Crippen LogP contribution < -0.4 is 10.5 Å². The molecule has 0 aliphatic rings. The Balaban J connectivity index is 2.28. The molecule has 8 heteroatoms. The van der Waals surface area contributed by atoms with E-state index < -0.39 is 15.9 Å². The number of rotatable bonds is 4. The minimum absolute atomic E-state index is 0.00477. The van der Waals surface area contributed by atoms with Crippen molar-refractivity contribution in [2.45, 2.75) is 4.90 Å². The van der Waals surface area contributed by atoms with E-state index in [0.29, 0.717) is 5.69 Å². The summed E-state index contributed by atoms with van der Waals surface area (Å²) < 4.78 is 26.3. The smallest absolute Gasteiger partial charge is 0.262 e. The van der Waals surface area contributed by atoms with Crippen LogP contribution in [0.25, 0.3) is 0 Å². The summed E-state index contributed by atoms with van der Waals surface area (Å²) in [6.07, 6.45) is 2.92. The van der Waals surface area contributed by atoms with Gasteiger partial charge < -0.3 is 5.73 Å². The number of aromatic nitrogens is 1. The number of nitrogens with two attached hydrogens (primary N) is 1. The van der Waals surface area contributed by atoms with Gasteiger partial charge in [0.25, 0.3) is 15.9 Å². The van der Waals surface area contributed by atoms with Crippen molar-refractivity contribution in [3.8, 4) is 0 Å². The van der Waals surface area contributed by atoms with Gasteiger partial charge >= 0.3 is 0 Å². The van der Waals surface area contributed by atoms with Crippen molar-refractivity contribution in [1.29, 1.82) is 0 Å². The Kier molecular flexibility index (Phi) is 3.30. The maximum absolute atomic E-state index is 12.0. The van der Waals surface area contributed by atoms with Crippen LogP contribution in [0, 0.1) is 0 Å². The number of anilines is 1. The molecule has 0 aliphatic heterocycles. The number of carbonyl (C=O) groups excluding carboxylic acids is 1. The van der Waals surface area contributed by atoms with Crippen LogP contribution in [0.1, 0.15) is 9.67 Å². The molecule has 0 aliphatic carbocycles. The fraction of sp³-hybridized carbons (Fsp3) is 0. The fourth-order valence-corrected chi connectivity index (χ4v) is 3.40. The van der Waals surface area contributed by atoms with Crippen molar-refractivity contribution in [2.24, 2.45) is 5.73 Å². The van der Waals surface area contributed by atoms with E-state index in [9.17, 15) is 13.2 Å². The molecule has 94 valence electrons. The van der Waals surface area contributed by atoms with Gasteiger partial charge in [0, 0.05) is 11.6 Å². The number of sulfonamides is 1. The van der Waals surface area contributed by atoms with Crippen molar-refractivity contribution >= 4 is 33.0 Å². The molecule has 0 aromatic carbocycles. The van der Waals surface area contributed by atoms with Crippen molar-refractivity contribution < 1.29 is 13.2 Å². The maximum atomic E-state index is 12.0. The number of thiophene rings is 1. The highest BCUT2D eigenvalue weighted by atomic mass is 32.2. The van der Waals surface area contributed by atoms with Crippen LogP contribution in [-0.4, -0.2) is 19.3 Å². The van der Waals surface area contributed by atoms with Gasteiger partial charge in [-0.2, -0.15) is 0 Å². The summed E-state index contributed by atoms with van der Waals surface area (Å²) in [7, 11) is -3.71. The van der Waals surface area contributed by atoms with Crippen LogP contribution in [0.15, 0.2) is 40.9 Å². The summed E-state index contributed by atoms with van der Waals surface area (Å²) >= 11 is 0.986. The lowest BCUT2D eigenvalue weighted by Gasteiger charge is -2.04. The lowest BCUT2D eigenvalue weighted by Crippen LogP contribution is -2.13.